The van der Waals surface area contributed by atoms with Crippen LogP contribution < -0.4 is 5.32 Å². The lowest BCUT2D eigenvalue weighted by molar-refractivity contribution is -0.147. The van der Waals surface area contributed by atoms with Crippen LogP contribution in [0.4, 0.5) is 5.69 Å². The van der Waals surface area contributed by atoms with Crippen LogP contribution >= 0.6 is 11.3 Å². The number of carbonyl (C=O) groups excluding carboxylic acids is 2. The van der Waals surface area contributed by atoms with Gasteiger partial charge in [0, 0.05) is 23.7 Å². The van der Waals surface area contributed by atoms with E-state index in [1.807, 2.05) is 17.5 Å². The van der Waals surface area contributed by atoms with Crippen LogP contribution in [0.3, 0.4) is 0 Å². The third kappa shape index (κ3) is 6.62. The lowest BCUT2D eigenvalue weighted by atomic mass is 10.2. The predicted octanol–water partition coefficient (Wildman–Crippen LogP) is 3.74. The Hall–Kier alpha value is -2.23. The summed E-state index contributed by atoms with van der Waals surface area (Å²) in [4.78, 5) is 25.3. The molecule has 1 N–H and O–H groups in total. The second-order valence-corrected chi connectivity index (χ2v) is 10.5. The third-order valence-electron chi connectivity index (χ3n) is 5.17. The largest absolute Gasteiger partial charge is 0.456 e. The first-order chi connectivity index (χ1) is 14.9. The Morgan fingerprint density at radius 1 is 1.13 bits per heavy atom. The average molecular weight is 465 g/mol. The maximum absolute atomic E-state index is 13.1. The number of sulfonamides is 1. The van der Waals surface area contributed by atoms with Gasteiger partial charge in [0.15, 0.2) is 6.61 Å². The van der Waals surface area contributed by atoms with Gasteiger partial charge in [-0.15, -0.1) is 11.3 Å². The molecule has 3 rings (SSSR count). The van der Waals surface area contributed by atoms with Crippen LogP contribution in [0.25, 0.3) is 0 Å². The first-order valence-corrected chi connectivity index (χ1v) is 12.8. The van der Waals surface area contributed by atoms with E-state index >= 15 is 0 Å². The van der Waals surface area contributed by atoms with Crippen molar-refractivity contribution in [1.29, 1.82) is 0 Å². The van der Waals surface area contributed by atoms with Crippen molar-refractivity contribution in [2.75, 3.05) is 25.0 Å². The summed E-state index contributed by atoms with van der Waals surface area (Å²) in [7, 11) is -3.63. The van der Waals surface area contributed by atoms with Crippen LogP contribution in [0.1, 0.15) is 42.5 Å². The van der Waals surface area contributed by atoms with Gasteiger partial charge >= 0.3 is 5.97 Å². The molecular formula is C22H28N2O5S2. The van der Waals surface area contributed by atoms with Gasteiger partial charge in [0.1, 0.15) is 0 Å². The SMILES string of the molecule is Cc1ccc(NC(=O)COC(=O)CCc2cccs2)cc1S(=O)(=O)N1CCCCCC1. The number of amides is 1. The van der Waals surface area contributed by atoms with Crippen molar-refractivity contribution in [1.82, 2.24) is 4.31 Å². The Morgan fingerprint density at radius 2 is 1.87 bits per heavy atom. The Bertz CT molecular complexity index is 995. The van der Waals surface area contributed by atoms with E-state index in [4.69, 9.17) is 4.74 Å². The fraction of sp³-hybridized carbons (Fsp3) is 0.455. The summed E-state index contributed by atoms with van der Waals surface area (Å²) < 4.78 is 32.8. The summed E-state index contributed by atoms with van der Waals surface area (Å²) in [6, 6.07) is 8.66. The van der Waals surface area contributed by atoms with Gasteiger partial charge in [-0.05, 0) is 55.3 Å². The first kappa shape index (κ1) is 23.4. The van der Waals surface area contributed by atoms with Crippen LogP contribution in [0.5, 0.6) is 0 Å². The molecule has 1 aromatic carbocycles. The number of aryl methyl sites for hydroxylation is 2. The van der Waals surface area contributed by atoms with E-state index in [2.05, 4.69) is 5.32 Å². The van der Waals surface area contributed by atoms with E-state index in [0.717, 1.165) is 30.6 Å². The molecule has 1 aromatic heterocycles. The molecule has 1 saturated heterocycles. The molecule has 1 fully saturated rings. The normalized spacial score (nSPS) is 15.3. The van der Waals surface area contributed by atoms with Gasteiger partial charge < -0.3 is 10.1 Å². The number of anilines is 1. The molecule has 1 aliphatic heterocycles. The minimum absolute atomic E-state index is 0.195. The van der Waals surface area contributed by atoms with Gasteiger partial charge in [-0.2, -0.15) is 4.31 Å². The summed E-state index contributed by atoms with van der Waals surface area (Å²) in [6.07, 6.45) is 4.56. The molecule has 0 atom stereocenters. The molecule has 1 amide bonds. The standard InChI is InChI=1S/C22H28N2O5S2/c1-17-8-9-18(15-20(17)31(27,28)24-12-4-2-3-5-13-24)23-21(25)16-29-22(26)11-10-19-7-6-14-30-19/h6-9,14-15H,2-5,10-13,16H2,1H3,(H,23,25). The van der Waals surface area contributed by atoms with Crippen molar-refractivity contribution in [2.24, 2.45) is 0 Å². The molecule has 31 heavy (non-hydrogen) atoms. The number of esters is 1. The zero-order valence-electron chi connectivity index (χ0n) is 17.6. The Labute approximate surface area is 187 Å². The van der Waals surface area contributed by atoms with Crippen LogP contribution in [-0.4, -0.2) is 44.3 Å². The lowest BCUT2D eigenvalue weighted by Crippen LogP contribution is -2.32. The maximum atomic E-state index is 13.1. The summed E-state index contributed by atoms with van der Waals surface area (Å²) >= 11 is 1.57. The molecule has 0 saturated carbocycles. The summed E-state index contributed by atoms with van der Waals surface area (Å²) in [6.45, 7) is 2.36. The molecule has 9 heteroatoms. The molecule has 0 bridgehead atoms. The van der Waals surface area contributed by atoms with E-state index in [1.54, 1.807) is 30.4 Å². The number of nitrogens with zero attached hydrogens (tertiary/aromatic N) is 1. The molecule has 1 aliphatic rings. The fourth-order valence-corrected chi connectivity index (χ4v) is 5.95. The van der Waals surface area contributed by atoms with Crippen LogP contribution in [-0.2, 0) is 30.8 Å². The van der Waals surface area contributed by atoms with Gasteiger partial charge in [0.25, 0.3) is 5.91 Å². The van der Waals surface area contributed by atoms with E-state index in [-0.39, 0.29) is 11.3 Å². The van der Waals surface area contributed by atoms with Crippen LogP contribution in [0.15, 0.2) is 40.6 Å². The van der Waals surface area contributed by atoms with Gasteiger partial charge in [0.05, 0.1) is 11.3 Å². The van der Waals surface area contributed by atoms with E-state index in [1.165, 1.54) is 10.4 Å². The van der Waals surface area contributed by atoms with Crippen molar-refractivity contribution in [3.8, 4) is 0 Å². The smallest absolute Gasteiger partial charge is 0.306 e. The molecule has 2 aromatic rings. The number of hydrogen-bond acceptors (Lipinski definition) is 6. The molecule has 2 heterocycles. The topological polar surface area (TPSA) is 92.8 Å². The highest BCUT2D eigenvalue weighted by atomic mass is 32.2. The minimum Gasteiger partial charge on any atom is -0.456 e. The number of thiophene rings is 1. The van der Waals surface area contributed by atoms with Crippen molar-refractivity contribution in [3.05, 3.63) is 46.2 Å². The maximum Gasteiger partial charge on any atom is 0.306 e. The molecule has 7 nitrogen and oxygen atoms in total. The van der Waals surface area contributed by atoms with Gasteiger partial charge in [0.2, 0.25) is 10.0 Å². The second kappa shape index (κ2) is 10.9. The van der Waals surface area contributed by atoms with Crippen molar-refractivity contribution in [2.45, 2.75) is 50.3 Å². The molecule has 0 unspecified atom stereocenters. The monoisotopic (exact) mass is 464 g/mol. The highest BCUT2D eigenvalue weighted by Gasteiger charge is 2.27. The van der Waals surface area contributed by atoms with Gasteiger partial charge in [-0.1, -0.05) is 25.0 Å². The molecule has 0 spiro atoms. The minimum atomic E-state index is -3.63. The molecule has 0 aliphatic carbocycles. The number of nitrogens with one attached hydrogen (secondary N) is 1. The molecule has 168 valence electrons. The van der Waals surface area contributed by atoms with E-state index in [9.17, 15) is 18.0 Å². The van der Waals surface area contributed by atoms with Gasteiger partial charge in [-0.3, -0.25) is 9.59 Å². The molecule has 0 radical (unpaired) electrons. The summed E-state index contributed by atoms with van der Waals surface area (Å²) in [5.74, 6) is -0.955. The number of hydrogen-bond donors (Lipinski definition) is 1. The van der Waals surface area contributed by atoms with Crippen molar-refractivity contribution in [3.63, 3.8) is 0 Å². The highest BCUT2D eigenvalue weighted by molar-refractivity contribution is 7.89. The highest BCUT2D eigenvalue weighted by Crippen LogP contribution is 2.25. The lowest BCUT2D eigenvalue weighted by Gasteiger charge is -2.21. The van der Waals surface area contributed by atoms with Crippen LogP contribution in [0, 0.1) is 6.92 Å². The van der Waals surface area contributed by atoms with E-state index in [0.29, 0.717) is 30.8 Å². The van der Waals surface area contributed by atoms with E-state index < -0.39 is 28.5 Å². The van der Waals surface area contributed by atoms with Crippen molar-refractivity contribution < 1.29 is 22.7 Å². The Balaban J connectivity index is 1.57. The average Bonchev–Trinajstić information content (AvgIpc) is 3.11. The second-order valence-electron chi connectivity index (χ2n) is 7.59. The first-order valence-electron chi connectivity index (χ1n) is 10.4. The number of carbonyl (C=O) groups is 2. The van der Waals surface area contributed by atoms with Crippen LogP contribution in [0.2, 0.25) is 0 Å². The summed E-state index contributed by atoms with van der Waals surface area (Å²) in [5.41, 5.74) is 0.987. The zero-order chi connectivity index (χ0) is 22.3. The number of rotatable bonds is 8. The number of ether oxygens (including phenoxy) is 1. The number of benzene rings is 1. The fourth-order valence-electron chi connectivity index (χ4n) is 3.47. The molecular weight excluding hydrogens is 436 g/mol. The quantitative estimate of drug-likeness (QED) is 0.601. The third-order valence-corrected chi connectivity index (χ3v) is 8.15. The summed E-state index contributed by atoms with van der Waals surface area (Å²) in [5, 5.41) is 4.57. The Morgan fingerprint density at radius 3 is 2.55 bits per heavy atom. The van der Waals surface area contributed by atoms with Crippen molar-refractivity contribution >= 4 is 38.9 Å². The zero-order valence-corrected chi connectivity index (χ0v) is 19.3. The van der Waals surface area contributed by atoms with Gasteiger partial charge in [-0.25, -0.2) is 8.42 Å². The predicted molar refractivity (Wildman–Crippen MR) is 121 cm³/mol. The Kier molecular flexibility index (Phi) is 8.22.